The molecular formula is C13H27N3O2. The Morgan fingerprint density at radius 2 is 2.22 bits per heavy atom. The van der Waals surface area contributed by atoms with Crippen LogP contribution in [0.2, 0.25) is 0 Å². The SMILES string of the molecule is CC1CN(CCCCC(C)(N)C(N)=O)CCCO1. The Balaban J connectivity index is 2.19. The van der Waals surface area contributed by atoms with Gasteiger partial charge in [0.15, 0.2) is 0 Å². The predicted octanol–water partition coefficient (Wildman–Crippen LogP) is 0.470. The zero-order chi connectivity index (χ0) is 13.6. The first kappa shape index (κ1) is 15.4. The third-order valence-electron chi connectivity index (χ3n) is 3.52. The summed E-state index contributed by atoms with van der Waals surface area (Å²) in [5.41, 5.74) is 10.2. The van der Waals surface area contributed by atoms with Crippen molar-refractivity contribution in [3.63, 3.8) is 0 Å². The van der Waals surface area contributed by atoms with Gasteiger partial charge < -0.3 is 21.1 Å². The highest BCUT2D eigenvalue weighted by molar-refractivity contribution is 5.83. The number of unbranched alkanes of at least 4 members (excludes halogenated alkanes) is 1. The van der Waals surface area contributed by atoms with Crippen LogP contribution in [-0.4, -0.2) is 48.7 Å². The number of amides is 1. The van der Waals surface area contributed by atoms with E-state index in [1.807, 2.05) is 0 Å². The van der Waals surface area contributed by atoms with Crippen LogP contribution < -0.4 is 11.5 Å². The molecule has 0 bridgehead atoms. The largest absolute Gasteiger partial charge is 0.377 e. The molecule has 0 aromatic rings. The van der Waals surface area contributed by atoms with Crippen LogP contribution in [0.4, 0.5) is 0 Å². The van der Waals surface area contributed by atoms with E-state index < -0.39 is 11.4 Å². The standard InChI is InChI=1S/C13H27N3O2/c1-11-10-16(8-5-9-18-11)7-4-3-6-13(2,15)12(14)17/h11H,3-10,15H2,1-2H3,(H2,14,17). The maximum absolute atomic E-state index is 11.1. The van der Waals surface area contributed by atoms with Crippen molar-refractivity contribution in [3.05, 3.63) is 0 Å². The molecule has 0 saturated carbocycles. The minimum atomic E-state index is -0.866. The molecular weight excluding hydrogens is 230 g/mol. The monoisotopic (exact) mass is 257 g/mol. The molecule has 4 N–H and O–H groups in total. The summed E-state index contributed by atoms with van der Waals surface area (Å²) in [6, 6.07) is 0. The summed E-state index contributed by atoms with van der Waals surface area (Å²) in [7, 11) is 0. The number of hydrogen-bond donors (Lipinski definition) is 2. The number of primary amides is 1. The molecule has 0 radical (unpaired) electrons. The molecule has 0 spiro atoms. The van der Waals surface area contributed by atoms with Crippen LogP contribution in [0.1, 0.15) is 39.5 Å². The zero-order valence-electron chi connectivity index (χ0n) is 11.7. The first-order valence-corrected chi connectivity index (χ1v) is 6.84. The highest BCUT2D eigenvalue weighted by Gasteiger charge is 2.24. The molecule has 0 aliphatic carbocycles. The molecule has 2 unspecified atom stereocenters. The second kappa shape index (κ2) is 7.07. The second-order valence-electron chi connectivity index (χ2n) is 5.57. The van der Waals surface area contributed by atoms with Crippen LogP contribution in [0.15, 0.2) is 0 Å². The zero-order valence-corrected chi connectivity index (χ0v) is 11.7. The van der Waals surface area contributed by atoms with Crippen molar-refractivity contribution in [1.29, 1.82) is 0 Å². The Labute approximate surface area is 110 Å². The molecule has 1 heterocycles. The minimum absolute atomic E-state index is 0.317. The third kappa shape index (κ3) is 5.33. The summed E-state index contributed by atoms with van der Waals surface area (Å²) < 4.78 is 5.60. The maximum Gasteiger partial charge on any atom is 0.237 e. The predicted molar refractivity (Wildman–Crippen MR) is 72.1 cm³/mol. The molecule has 1 amide bonds. The van der Waals surface area contributed by atoms with Gasteiger partial charge in [-0.1, -0.05) is 0 Å². The quantitative estimate of drug-likeness (QED) is 0.678. The summed E-state index contributed by atoms with van der Waals surface area (Å²) in [4.78, 5) is 13.5. The second-order valence-corrected chi connectivity index (χ2v) is 5.57. The van der Waals surface area contributed by atoms with E-state index >= 15 is 0 Å². The number of carbonyl (C=O) groups is 1. The number of rotatable bonds is 6. The summed E-state index contributed by atoms with van der Waals surface area (Å²) >= 11 is 0. The number of hydrogen-bond acceptors (Lipinski definition) is 4. The molecule has 2 atom stereocenters. The minimum Gasteiger partial charge on any atom is -0.377 e. The number of carbonyl (C=O) groups excluding carboxylic acids is 1. The van der Waals surface area contributed by atoms with Crippen LogP contribution in [-0.2, 0) is 9.53 Å². The van der Waals surface area contributed by atoms with Gasteiger partial charge in [-0.2, -0.15) is 0 Å². The van der Waals surface area contributed by atoms with E-state index in [0.29, 0.717) is 12.5 Å². The van der Waals surface area contributed by atoms with Crippen LogP contribution >= 0.6 is 0 Å². The van der Waals surface area contributed by atoms with E-state index in [9.17, 15) is 4.79 Å². The van der Waals surface area contributed by atoms with E-state index in [0.717, 1.165) is 45.5 Å². The van der Waals surface area contributed by atoms with Crippen molar-refractivity contribution < 1.29 is 9.53 Å². The molecule has 1 aliphatic heterocycles. The average Bonchev–Trinajstić information content (AvgIpc) is 2.49. The van der Waals surface area contributed by atoms with Crippen molar-refractivity contribution in [3.8, 4) is 0 Å². The van der Waals surface area contributed by atoms with Gasteiger partial charge in [-0.3, -0.25) is 4.79 Å². The summed E-state index contributed by atoms with van der Waals surface area (Å²) in [5, 5.41) is 0. The van der Waals surface area contributed by atoms with E-state index in [1.54, 1.807) is 6.92 Å². The lowest BCUT2D eigenvalue weighted by atomic mass is 9.95. The first-order chi connectivity index (χ1) is 8.42. The molecule has 0 aromatic carbocycles. The highest BCUT2D eigenvalue weighted by atomic mass is 16.5. The molecule has 0 aromatic heterocycles. The molecule has 5 heteroatoms. The Morgan fingerprint density at radius 3 is 2.89 bits per heavy atom. The van der Waals surface area contributed by atoms with Gasteiger partial charge in [-0.05, 0) is 46.1 Å². The molecule has 1 saturated heterocycles. The van der Waals surface area contributed by atoms with Gasteiger partial charge in [0.1, 0.15) is 0 Å². The van der Waals surface area contributed by atoms with Gasteiger partial charge in [-0.25, -0.2) is 0 Å². The van der Waals surface area contributed by atoms with Crippen LogP contribution in [0, 0.1) is 0 Å². The van der Waals surface area contributed by atoms with Crippen LogP contribution in [0.5, 0.6) is 0 Å². The molecule has 1 aliphatic rings. The van der Waals surface area contributed by atoms with Gasteiger partial charge >= 0.3 is 0 Å². The average molecular weight is 257 g/mol. The Hall–Kier alpha value is -0.650. The van der Waals surface area contributed by atoms with Crippen molar-refractivity contribution in [2.24, 2.45) is 11.5 Å². The van der Waals surface area contributed by atoms with Crippen molar-refractivity contribution >= 4 is 5.91 Å². The fraction of sp³-hybridized carbons (Fsp3) is 0.923. The Morgan fingerprint density at radius 1 is 1.50 bits per heavy atom. The van der Waals surface area contributed by atoms with Crippen LogP contribution in [0.3, 0.4) is 0 Å². The van der Waals surface area contributed by atoms with Gasteiger partial charge in [0, 0.05) is 19.7 Å². The highest BCUT2D eigenvalue weighted by Crippen LogP contribution is 2.12. The Kier molecular flexibility index (Phi) is 6.05. The lowest BCUT2D eigenvalue weighted by Gasteiger charge is -2.23. The van der Waals surface area contributed by atoms with E-state index in [-0.39, 0.29) is 0 Å². The number of ether oxygens (including phenoxy) is 1. The molecule has 18 heavy (non-hydrogen) atoms. The smallest absolute Gasteiger partial charge is 0.237 e. The fourth-order valence-electron chi connectivity index (χ4n) is 2.23. The first-order valence-electron chi connectivity index (χ1n) is 6.84. The summed E-state index contributed by atoms with van der Waals surface area (Å²) in [6.45, 7) is 7.82. The molecule has 106 valence electrons. The lowest BCUT2D eigenvalue weighted by Crippen LogP contribution is -2.49. The van der Waals surface area contributed by atoms with Gasteiger partial charge in [0.05, 0.1) is 11.6 Å². The number of nitrogens with two attached hydrogens (primary N) is 2. The van der Waals surface area contributed by atoms with E-state index in [1.165, 1.54) is 0 Å². The van der Waals surface area contributed by atoms with Gasteiger partial charge in [-0.15, -0.1) is 0 Å². The topological polar surface area (TPSA) is 81.6 Å². The summed E-state index contributed by atoms with van der Waals surface area (Å²) in [5.74, 6) is -0.417. The molecule has 1 rings (SSSR count). The van der Waals surface area contributed by atoms with Gasteiger partial charge in [0.2, 0.25) is 5.91 Å². The normalized spacial score (nSPS) is 25.4. The number of nitrogens with zero attached hydrogens (tertiary/aromatic N) is 1. The van der Waals surface area contributed by atoms with Crippen LogP contribution in [0.25, 0.3) is 0 Å². The third-order valence-corrected chi connectivity index (χ3v) is 3.52. The lowest BCUT2D eigenvalue weighted by molar-refractivity contribution is -0.122. The molecule has 5 nitrogen and oxygen atoms in total. The van der Waals surface area contributed by atoms with Crippen molar-refractivity contribution in [1.82, 2.24) is 4.90 Å². The summed E-state index contributed by atoms with van der Waals surface area (Å²) in [6.07, 6.45) is 4.05. The van der Waals surface area contributed by atoms with Gasteiger partial charge in [0.25, 0.3) is 0 Å². The van der Waals surface area contributed by atoms with Crippen molar-refractivity contribution in [2.45, 2.75) is 51.2 Å². The van der Waals surface area contributed by atoms with E-state index in [2.05, 4.69) is 11.8 Å². The fourth-order valence-corrected chi connectivity index (χ4v) is 2.23. The maximum atomic E-state index is 11.1. The Bertz CT molecular complexity index is 269. The van der Waals surface area contributed by atoms with E-state index in [4.69, 9.17) is 16.2 Å². The molecule has 1 fully saturated rings. The van der Waals surface area contributed by atoms with Crippen molar-refractivity contribution in [2.75, 3.05) is 26.2 Å².